The highest BCUT2D eigenvalue weighted by atomic mass is 79.9. The van der Waals surface area contributed by atoms with Crippen molar-refractivity contribution in [3.63, 3.8) is 0 Å². The minimum Gasteiger partial charge on any atom is -0.307 e. The number of amides is 1. The first-order valence-corrected chi connectivity index (χ1v) is 9.27. The molecular formula is C15H14BrN3O3S. The fraction of sp³-hybridized carbons (Fsp3) is 0.200. The number of aromatic nitrogens is 1. The second kappa shape index (κ2) is 6.38. The van der Waals surface area contributed by atoms with Crippen molar-refractivity contribution in [2.75, 3.05) is 5.32 Å². The van der Waals surface area contributed by atoms with Gasteiger partial charge >= 0.3 is 0 Å². The molecule has 0 saturated heterocycles. The third kappa shape index (κ3) is 3.95. The Morgan fingerprint density at radius 2 is 2.00 bits per heavy atom. The van der Waals surface area contributed by atoms with Gasteiger partial charge in [-0.1, -0.05) is 6.07 Å². The summed E-state index contributed by atoms with van der Waals surface area (Å²) in [5.41, 5.74) is 0.231. The summed E-state index contributed by atoms with van der Waals surface area (Å²) in [5.74, 6) is -0.0344. The number of nitrogens with one attached hydrogen (secondary N) is 2. The molecule has 0 radical (unpaired) electrons. The zero-order valence-electron chi connectivity index (χ0n) is 12.0. The quantitative estimate of drug-likeness (QED) is 0.813. The number of carbonyl (C=O) groups excluding carboxylic acids is 1. The summed E-state index contributed by atoms with van der Waals surface area (Å²) in [6.45, 7) is 0. The molecule has 1 aliphatic rings. The van der Waals surface area contributed by atoms with E-state index in [9.17, 15) is 13.2 Å². The summed E-state index contributed by atoms with van der Waals surface area (Å²) in [7, 11) is -3.61. The molecule has 1 amide bonds. The van der Waals surface area contributed by atoms with Gasteiger partial charge < -0.3 is 5.32 Å². The number of benzene rings is 1. The van der Waals surface area contributed by atoms with Gasteiger partial charge in [0.15, 0.2) is 0 Å². The van der Waals surface area contributed by atoms with Crippen molar-refractivity contribution in [1.29, 1.82) is 0 Å². The van der Waals surface area contributed by atoms with Crippen LogP contribution < -0.4 is 10.0 Å². The van der Waals surface area contributed by atoms with Crippen molar-refractivity contribution in [2.24, 2.45) is 0 Å². The highest BCUT2D eigenvalue weighted by molar-refractivity contribution is 9.10. The molecule has 2 N–H and O–H groups in total. The number of carbonyl (C=O) groups is 1. The van der Waals surface area contributed by atoms with E-state index in [1.807, 2.05) is 0 Å². The van der Waals surface area contributed by atoms with E-state index < -0.39 is 15.9 Å². The third-order valence-corrected chi connectivity index (χ3v) is 5.51. The van der Waals surface area contributed by atoms with Crippen LogP contribution in [0.3, 0.4) is 0 Å². The number of anilines is 1. The van der Waals surface area contributed by atoms with Gasteiger partial charge in [-0.15, -0.1) is 0 Å². The molecule has 0 aliphatic heterocycles. The summed E-state index contributed by atoms with van der Waals surface area (Å²) < 4.78 is 27.6. The minimum atomic E-state index is -3.61. The topological polar surface area (TPSA) is 88.2 Å². The Kier molecular flexibility index (Phi) is 4.47. The van der Waals surface area contributed by atoms with Gasteiger partial charge in [0.1, 0.15) is 5.82 Å². The lowest BCUT2D eigenvalue weighted by Gasteiger charge is -2.10. The molecule has 1 aromatic carbocycles. The largest absolute Gasteiger partial charge is 0.307 e. The van der Waals surface area contributed by atoms with Crippen molar-refractivity contribution in [2.45, 2.75) is 23.8 Å². The first-order valence-electron chi connectivity index (χ1n) is 7.00. The molecule has 120 valence electrons. The third-order valence-electron chi connectivity index (χ3n) is 3.30. The van der Waals surface area contributed by atoms with Gasteiger partial charge in [0.25, 0.3) is 5.91 Å². The Morgan fingerprint density at radius 3 is 2.65 bits per heavy atom. The van der Waals surface area contributed by atoms with Crippen LogP contribution in [0.4, 0.5) is 5.82 Å². The van der Waals surface area contributed by atoms with E-state index >= 15 is 0 Å². The highest BCUT2D eigenvalue weighted by Gasteiger charge is 2.28. The maximum Gasteiger partial charge on any atom is 0.258 e. The van der Waals surface area contributed by atoms with Crippen LogP contribution in [-0.2, 0) is 10.0 Å². The predicted octanol–water partition coefficient (Wildman–Crippen LogP) is 2.54. The molecule has 0 atom stereocenters. The van der Waals surface area contributed by atoms with E-state index in [-0.39, 0.29) is 16.5 Å². The fourth-order valence-corrected chi connectivity index (χ4v) is 3.71. The maximum absolute atomic E-state index is 12.4. The number of hydrogen-bond donors (Lipinski definition) is 2. The number of pyridine rings is 1. The Labute approximate surface area is 142 Å². The molecule has 2 aromatic rings. The number of rotatable bonds is 5. The van der Waals surface area contributed by atoms with Crippen molar-refractivity contribution in [1.82, 2.24) is 9.71 Å². The van der Waals surface area contributed by atoms with Gasteiger partial charge in [-0.3, -0.25) is 4.79 Å². The van der Waals surface area contributed by atoms with Gasteiger partial charge in [-0.25, -0.2) is 18.1 Å². The number of nitrogens with zero attached hydrogens (tertiary/aromatic N) is 1. The van der Waals surface area contributed by atoms with E-state index in [4.69, 9.17) is 0 Å². The molecule has 1 aromatic heterocycles. The Balaban J connectivity index is 1.86. The fourth-order valence-electron chi connectivity index (χ4n) is 1.95. The van der Waals surface area contributed by atoms with Crippen LogP contribution in [0.15, 0.2) is 52.0 Å². The Bertz CT molecular complexity index is 836. The smallest absolute Gasteiger partial charge is 0.258 e. The lowest BCUT2D eigenvalue weighted by molar-refractivity contribution is 0.102. The van der Waals surface area contributed by atoms with Gasteiger partial charge in [0, 0.05) is 16.7 Å². The van der Waals surface area contributed by atoms with Crippen molar-refractivity contribution >= 4 is 37.7 Å². The van der Waals surface area contributed by atoms with Crippen LogP contribution in [0, 0.1) is 0 Å². The molecule has 0 spiro atoms. The van der Waals surface area contributed by atoms with Gasteiger partial charge in [-0.05, 0) is 59.1 Å². The minimum absolute atomic E-state index is 0.00874. The highest BCUT2D eigenvalue weighted by Crippen LogP contribution is 2.25. The molecule has 23 heavy (non-hydrogen) atoms. The first-order chi connectivity index (χ1) is 11.0. The standard InChI is InChI=1S/C15H14BrN3O3S/c16-13-7-6-11(23(21,22)19-10-4-5-10)9-12(13)15(20)18-14-3-1-2-8-17-14/h1-3,6-10,19H,4-5H2,(H,17,18,20). The molecule has 3 rings (SSSR count). The monoisotopic (exact) mass is 395 g/mol. The van der Waals surface area contributed by atoms with Crippen LogP contribution >= 0.6 is 15.9 Å². The van der Waals surface area contributed by atoms with Crippen molar-refractivity contribution in [3.8, 4) is 0 Å². The number of halogens is 1. The summed E-state index contributed by atoms with van der Waals surface area (Å²) in [6.07, 6.45) is 3.26. The molecule has 8 heteroatoms. The van der Waals surface area contributed by atoms with Gasteiger partial charge in [0.05, 0.1) is 10.5 Å². The molecule has 1 fully saturated rings. The van der Waals surface area contributed by atoms with E-state index in [1.54, 1.807) is 30.5 Å². The zero-order chi connectivity index (χ0) is 16.4. The molecule has 1 heterocycles. The molecule has 1 saturated carbocycles. The predicted molar refractivity (Wildman–Crippen MR) is 89.7 cm³/mol. The van der Waals surface area contributed by atoms with Crippen LogP contribution in [0.25, 0.3) is 0 Å². The molecule has 0 unspecified atom stereocenters. The molecular weight excluding hydrogens is 382 g/mol. The van der Waals surface area contributed by atoms with E-state index in [0.29, 0.717) is 10.3 Å². The average molecular weight is 396 g/mol. The summed E-state index contributed by atoms with van der Waals surface area (Å²) in [4.78, 5) is 16.4. The maximum atomic E-state index is 12.4. The second-order valence-corrected chi connectivity index (χ2v) is 7.77. The lowest BCUT2D eigenvalue weighted by atomic mass is 10.2. The average Bonchev–Trinajstić information content (AvgIpc) is 3.31. The van der Waals surface area contributed by atoms with Crippen molar-refractivity contribution < 1.29 is 13.2 Å². The zero-order valence-corrected chi connectivity index (χ0v) is 14.4. The number of hydrogen-bond acceptors (Lipinski definition) is 4. The van der Waals surface area contributed by atoms with Crippen LogP contribution in [0.1, 0.15) is 23.2 Å². The summed E-state index contributed by atoms with van der Waals surface area (Å²) in [5, 5.41) is 2.64. The normalized spacial score (nSPS) is 14.5. The SMILES string of the molecule is O=C(Nc1ccccn1)c1cc(S(=O)(=O)NC2CC2)ccc1Br. The first kappa shape index (κ1) is 16.1. The van der Waals surface area contributed by atoms with Gasteiger partial charge in [0.2, 0.25) is 10.0 Å². The summed E-state index contributed by atoms with van der Waals surface area (Å²) in [6, 6.07) is 9.52. The van der Waals surface area contributed by atoms with E-state index in [1.165, 1.54) is 12.1 Å². The van der Waals surface area contributed by atoms with Crippen LogP contribution in [0.2, 0.25) is 0 Å². The second-order valence-electron chi connectivity index (χ2n) is 5.21. The van der Waals surface area contributed by atoms with Crippen LogP contribution in [0.5, 0.6) is 0 Å². The Hall–Kier alpha value is -1.77. The van der Waals surface area contributed by atoms with Crippen LogP contribution in [-0.4, -0.2) is 25.4 Å². The Morgan fingerprint density at radius 1 is 1.22 bits per heavy atom. The molecule has 1 aliphatic carbocycles. The molecule has 6 nitrogen and oxygen atoms in total. The lowest BCUT2D eigenvalue weighted by Crippen LogP contribution is -2.26. The van der Waals surface area contributed by atoms with Gasteiger partial charge in [-0.2, -0.15) is 0 Å². The van der Waals surface area contributed by atoms with Crippen molar-refractivity contribution in [3.05, 3.63) is 52.6 Å². The van der Waals surface area contributed by atoms with E-state index in [2.05, 4.69) is 31.0 Å². The molecule has 0 bridgehead atoms. The van der Waals surface area contributed by atoms with E-state index in [0.717, 1.165) is 12.8 Å². The number of sulfonamides is 1. The summed E-state index contributed by atoms with van der Waals surface area (Å²) >= 11 is 3.28.